The highest BCUT2D eigenvalue weighted by Crippen LogP contribution is 2.39. The fraction of sp³-hybridized carbons (Fsp3) is 0.235. The molecule has 0 radical (unpaired) electrons. The Hall–Kier alpha value is -3.27. The van der Waals surface area contributed by atoms with Crippen LogP contribution in [0.5, 0.6) is 11.5 Å². The van der Waals surface area contributed by atoms with Crippen LogP contribution < -0.4 is 15.0 Å². The number of pyridine rings is 1. The van der Waals surface area contributed by atoms with Gasteiger partial charge in [-0.3, -0.25) is 4.79 Å². The average molecular weight is 328 g/mol. The maximum atomic E-state index is 12.0. The van der Waals surface area contributed by atoms with Crippen LogP contribution in [0.4, 0.5) is 0 Å². The summed E-state index contributed by atoms with van der Waals surface area (Å²) in [6.07, 6.45) is -1.13. The molecule has 0 saturated carbocycles. The van der Waals surface area contributed by atoms with Gasteiger partial charge in [0.25, 0.3) is 5.56 Å². The Balaban J connectivity index is 2.74. The van der Waals surface area contributed by atoms with Gasteiger partial charge in [0.2, 0.25) is 0 Å². The number of rotatable bonds is 5. The lowest BCUT2D eigenvalue weighted by Gasteiger charge is -2.18. The highest BCUT2D eigenvalue weighted by atomic mass is 16.5. The molecule has 0 aliphatic rings. The monoisotopic (exact) mass is 328 g/mol. The summed E-state index contributed by atoms with van der Waals surface area (Å²) in [5.41, 5.74) is 0.724. The number of nitrogens with one attached hydrogen (secondary N) is 1. The molecule has 1 atom stereocenters. The summed E-state index contributed by atoms with van der Waals surface area (Å²) in [5.74, 6) is -0.673. The van der Waals surface area contributed by atoms with Crippen molar-refractivity contribution in [2.75, 3.05) is 7.11 Å². The Labute approximate surface area is 138 Å². The first kappa shape index (κ1) is 17.1. The quantitative estimate of drug-likeness (QED) is 0.869. The van der Waals surface area contributed by atoms with E-state index >= 15 is 0 Å². The van der Waals surface area contributed by atoms with Crippen molar-refractivity contribution in [1.29, 1.82) is 5.26 Å². The summed E-state index contributed by atoms with van der Waals surface area (Å²) in [4.78, 5) is 25.7. The van der Waals surface area contributed by atoms with Crippen molar-refractivity contribution in [3.63, 3.8) is 0 Å². The summed E-state index contributed by atoms with van der Waals surface area (Å²) in [6.45, 7) is 3.07. The van der Waals surface area contributed by atoms with Crippen molar-refractivity contribution in [3.8, 4) is 28.7 Å². The Morgan fingerprint density at radius 2 is 2.08 bits per heavy atom. The first-order valence-corrected chi connectivity index (χ1v) is 7.10. The second kappa shape index (κ2) is 6.87. The normalized spacial score (nSPS) is 11.4. The van der Waals surface area contributed by atoms with Crippen LogP contribution in [0.3, 0.4) is 0 Å². The molecule has 1 unspecified atom stereocenters. The van der Waals surface area contributed by atoms with Gasteiger partial charge < -0.3 is 19.6 Å². The van der Waals surface area contributed by atoms with Crippen molar-refractivity contribution in [2.24, 2.45) is 0 Å². The molecular formula is C17H16N2O5. The number of aliphatic carboxylic acids is 1. The topological polar surface area (TPSA) is 112 Å². The minimum atomic E-state index is -1.14. The molecule has 2 N–H and O–H groups in total. The van der Waals surface area contributed by atoms with E-state index in [1.54, 1.807) is 31.2 Å². The first-order chi connectivity index (χ1) is 11.4. The Kier molecular flexibility index (Phi) is 4.90. The summed E-state index contributed by atoms with van der Waals surface area (Å²) in [5, 5.41) is 18.4. The van der Waals surface area contributed by atoms with Gasteiger partial charge >= 0.3 is 5.97 Å². The third-order valence-electron chi connectivity index (χ3n) is 3.41. The van der Waals surface area contributed by atoms with Crippen molar-refractivity contribution in [1.82, 2.24) is 4.98 Å². The molecule has 0 saturated heterocycles. The molecule has 1 heterocycles. The van der Waals surface area contributed by atoms with Gasteiger partial charge in [-0.05, 0) is 26.0 Å². The zero-order valence-corrected chi connectivity index (χ0v) is 13.4. The van der Waals surface area contributed by atoms with Crippen molar-refractivity contribution >= 4 is 5.97 Å². The fourth-order valence-corrected chi connectivity index (χ4v) is 2.25. The highest BCUT2D eigenvalue weighted by Gasteiger charge is 2.21. The van der Waals surface area contributed by atoms with Crippen molar-refractivity contribution < 1.29 is 19.4 Å². The molecule has 0 aliphatic carbocycles. The standard InChI is InChI=1S/C17H16N2O5/c1-9-7-12(13(8-18)16(20)19-9)11-5-4-6-14(23-3)15(11)24-10(2)17(21)22/h4-7,10H,1-3H3,(H,19,20)(H,21,22). The summed E-state index contributed by atoms with van der Waals surface area (Å²) >= 11 is 0. The van der Waals surface area contributed by atoms with Crippen LogP contribution in [-0.4, -0.2) is 29.3 Å². The number of carboxylic acid groups (broad SMARTS) is 1. The number of carboxylic acids is 1. The van der Waals surface area contributed by atoms with Gasteiger partial charge in [-0.1, -0.05) is 12.1 Å². The molecule has 24 heavy (non-hydrogen) atoms. The van der Waals surface area contributed by atoms with Crippen LogP contribution in [-0.2, 0) is 4.79 Å². The zero-order chi connectivity index (χ0) is 17.9. The molecule has 7 heteroatoms. The van der Waals surface area contributed by atoms with Crippen molar-refractivity contribution in [2.45, 2.75) is 20.0 Å². The first-order valence-electron chi connectivity index (χ1n) is 7.10. The average Bonchev–Trinajstić information content (AvgIpc) is 2.54. The Bertz CT molecular complexity index is 880. The zero-order valence-electron chi connectivity index (χ0n) is 13.4. The smallest absolute Gasteiger partial charge is 0.344 e. The molecule has 124 valence electrons. The van der Waals surface area contributed by atoms with E-state index in [0.29, 0.717) is 22.6 Å². The van der Waals surface area contributed by atoms with E-state index in [-0.39, 0.29) is 11.3 Å². The number of hydrogen-bond donors (Lipinski definition) is 2. The number of aromatic nitrogens is 1. The second-order valence-electron chi connectivity index (χ2n) is 5.12. The molecule has 0 fully saturated rings. The van der Waals surface area contributed by atoms with Gasteiger partial charge in [-0.2, -0.15) is 5.26 Å². The summed E-state index contributed by atoms with van der Waals surface area (Å²) in [6, 6.07) is 8.43. The van der Waals surface area contributed by atoms with E-state index in [1.165, 1.54) is 14.0 Å². The second-order valence-corrected chi connectivity index (χ2v) is 5.12. The third-order valence-corrected chi connectivity index (χ3v) is 3.41. The van der Waals surface area contributed by atoms with Crippen LogP contribution in [0.15, 0.2) is 29.1 Å². The van der Waals surface area contributed by atoms with Crippen LogP contribution in [0.25, 0.3) is 11.1 Å². The number of methoxy groups -OCH3 is 1. The minimum Gasteiger partial charge on any atom is -0.493 e. The lowest BCUT2D eigenvalue weighted by atomic mass is 9.99. The Morgan fingerprint density at radius 1 is 1.38 bits per heavy atom. The molecule has 0 bridgehead atoms. The molecular weight excluding hydrogens is 312 g/mol. The number of benzene rings is 1. The Morgan fingerprint density at radius 3 is 2.67 bits per heavy atom. The van der Waals surface area contributed by atoms with Gasteiger partial charge in [0, 0.05) is 16.8 Å². The molecule has 0 aliphatic heterocycles. The summed E-state index contributed by atoms with van der Waals surface area (Å²) < 4.78 is 10.8. The number of ether oxygens (including phenoxy) is 2. The minimum absolute atomic E-state index is 0.0818. The van der Waals surface area contributed by atoms with E-state index < -0.39 is 17.6 Å². The third kappa shape index (κ3) is 3.22. The van der Waals surface area contributed by atoms with E-state index in [1.807, 2.05) is 6.07 Å². The SMILES string of the molecule is COc1cccc(-c2cc(C)[nH]c(=O)c2C#N)c1OC(C)C(=O)O. The number of aryl methyl sites for hydroxylation is 1. The molecule has 0 spiro atoms. The molecule has 2 rings (SSSR count). The van der Waals surface area contributed by atoms with E-state index in [0.717, 1.165) is 0 Å². The van der Waals surface area contributed by atoms with Crippen LogP contribution in [0.2, 0.25) is 0 Å². The molecule has 2 aromatic rings. The number of H-pyrrole nitrogens is 1. The predicted molar refractivity (Wildman–Crippen MR) is 86.2 cm³/mol. The molecule has 1 aromatic heterocycles. The fourth-order valence-electron chi connectivity index (χ4n) is 2.25. The van der Waals surface area contributed by atoms with Crippen molar-refractivity contribution in [3.05, 3.63) is 45.9 Å². The number of carbonyl (C=O) groups is 1. The lowest BCUT2D eigenvalue weighted by Crippen LogP contribution is -2.23. The number of aromatic amines is 1. The van der Waals surface area contributed by atoms with E-state index in [4.69, 9.17) is 14.6 Å². The highest BCUT2D eigenvalue weighted by molar-refractivity contribution is 5.79. The molecule has 1 aromatic carbocycles. The molecule has 0 amide bonds. The molecule has 7 nitrogen and oxygen atoms in total. The number of nitrogens with zero attached hydrogens (tertiary/aromatic N) is 1. The van der Waals surface area contributed by atoms with Gasteiger partial charge in [0.1, 0.15) is 11.6 Å². The maximum absolute atomic E-state index is 12.0. The lowest BCUT2D eigenvalue weighted by molar-refractivity contribution is -0.144. The predicted octanol–water partition coefficient (Wildman–Crippen LogP) is 2.08. The van der Waals surface area contributed by atoms with Gasteiger partial charge in [-0.25, -0.2) is 4.79 Å². The maximum Gasteiger partial charge on any atom is 0.344 e. The summed E-state index contributed by atoms with van der Waals surface area (Å²) in [7, 11) is 1.42. The van der Waals surface area contributed by atoms with Crippen LogP contribution in [0.1, 0.15) is 18.2 Å². The van der Waals surface area contributed by atoms with Crippen LogP contribution >= 0.6 is 0 Å². The number of hydrogen-bond acceptors (Lipinski definition) is 5. The van der Waals surface area contributed by atoms with E-state index in [9.17, 15) is 14.9 Å². The number of nitriles is 1. The van der Waals surface area contributed by atoms with Gasteiger partial charge in [-0.15, -0.1) is 0 Å². The van der Waals surface area contributed by atoms with Gasteiger partial charge in [0.15, 0.2) is 17.6 Å². The van der Waals surface area contributed by atoms with E-state index in [2.05, 4.69) is 4.98 Å². The van der Waals surface area contributed by atoms with Gasteiger partial charge in [0.05, 0.1) is 7.11 Å². The van der Waals surface area contributed by atoms with Crippen LogP contribution in [0, 0.1) is 18.3 Å². The largest absolute Gasteiger partial charge is 0.493 e. The number of para-hydroxylation sites is 1.